The van der Waals surface area contributed by atoms with Crippen molar-refractivity contribution in [2.24, 2.45) is 4.99 Å². The molecule has 0 N–H and O–H groups in total. The van der Waals surface area contributed by atoms with Crippen LogP contribution in [0, 0.1) is 5.82 Å². The molecule has 62 valence electrons. The van der Waals surface area contributed by atoms with E-state index < -0.39 is 0 Å². The number of aliphatic imine (C=N–C) groups is 1. The van der Waals surface area contributed by atoms with E-state index in [1.54, 1.807) is 12.1 Å². The van der Waals surface area contributed by atoms with Crippen LogP contribution in [0.4, 0.5) is 4.39 Å². The van der Waals surface area contributed by atoms with Gasteiger partial charge >= 0.3 is 0 Å². The maximum atomic E-state index is 12.5. The van der Waals surface area contributed by atoms with Crippen LogP contribution in [-0.2, 0) is 0 Å². The van der Waals surface area contributed by atoms with Crippen LogP contribution < -0.4 is 0 Å². The van der Waals surface area contributed by atoms with Gasteiger partial charge in [0.05, 0.1) is 0 Å². The van der Waals surface area contributed by atoms with Gasteiger partial charge in [0, 0.05) is 11.9 Å². The highest BCUT2D eigenvalue weighted by Gasteiger charge is 1.95. The zero-order chi connectivity index (χ0) is 8.97. The highest BCUT2D eigenvalue weighted by atomic mass is 19.1. The largest absolute Gasteiger partial charge is 0.262 e. The van der Waals surface area contributed by atoms with Crippen LogP contribution in [0.1, 0.15) is 12.5 Å². The molecule has 0 spiro atoms. The number of nitrogens with zero attached hydrogens (tertiary/aromatic N) is 1. The molecule has 12 heavy (non-hydrogen) atoms. The Hall–Kier alpha value is -1.44. The number of rotatable bonds is 2. The van der Waals surface area contributed by atoms with Gasteiger partial charge in [-0.2, -0.15) is 0 Å². The number of hydrogen-bond acceptors (Lipinski definition) is 1. The fourth-order valence-electron chi connectivity index (χ4n) is 0.903. The van der Waals surface area contributed by atoms with Crippen LogP contribution in [0.2, 0.25) is 0 Å². The second kappa shape index (κ2) is 3.81. The van der Waals surface area contributed by atoms with Gasteiger partial charge in [-0.25, -0.2) is 4.39 Å². The third-order valence-electron chi connectivity index (χ3n) is 1.55. The summed E-state index contributed by atoms with van der Waals surface area (Å²) in [5.41, 5.74) is 1.75. The molecule has 0 aromatic heterocycles. The molecule has 0 fully saturated rings. The molecule has 1 nitrogen and oxygen atoms in total. The molecule has 0 unspecified atom stereocenters. The molecule has 0 heterocycles. The van der Waals surface area contributed by atoms with Crippen LogP contribution in [-0.4, -0.2) is 5.71 Å². The monoisotopic (exact) mass is 163 g/mol. The molecule has 0 saturated carbocycles. The van der Waals surface area contributed by atoms with E-state index in [2.05, 4.69) is 11.6 Å². The molecule has 0 radical (unpaired) electrons. The SMILES string of the molecule is C=CN=C(C)c1ccc(F)cc1. The van der Waals surface area contributed by atoms with Crippen LogP contribution in [0.15, 0.2) is 42.0 Å². The Labute approximate surface area is 71.3 Å². The van der Waals surface area contributed by atoms with E-state index in [4.69, 9.17) is 0 Å². The zero-order valence-electron chi connectivity index (χ0n) is 6.92. The van der Waals surface area contributed by atoms with E-state index >= 15 is 0 Å². The first-order valence-corrected chi connectivity index (χ1v) is 3.65. The summed E-state index contributed by atoms with van der Waals surface area (Å²) in [6, 6.07) is 6.21. The lowest BCUT2D eigenvalue weighted by Crippen LogP contribution is -1.92. The van der Waals surface area contributed by atoms with Crippen molar-refractivity contribution in [1.29, 1.82) is 0 Å². The van der Waals surface area contributed by atoms with Crippen molar-refractivity contribution < 1.29 is 4.39 Å². The van der Waals surface area contributed by atoms with Crippen molar-refractivity contribution in [3.63, 3.8) is 0 Å². The molecule has 0 aliphatic carbocycles. The summed E-state index contributed by atoms with van der Waals surface area (Å²) in [7, 11) is 0. The minimum absolute atomic E-state index is 0.231. The van der Waals surface area contributed by atoms with Gasteiger partial charge in [-0.1, -0.05) is 18.7 Å². The van der Waals surface area contributed by atoms with Crippen LogP contribution in [0.25, 0.3) is 0 Å². The van der Waals surface area contributed by atoms with Crippen molar-refractivity contribution in [2.75, 3.05) is 0 Å². The van der Waals surface area contributed by atoms with E-state index in [9.17, 15) is 4.39 Å². The second-order valence-electron chi connectivity index (χ2n) is 2.40. The van der Waals surface area contributed by atoms with Crippen molar-refractivity contribution in [3.8, 4) is 0 Å². The van der Waals surface area contributed by atoms with E-state index in [1.165, 1.54) is 18.3 Å². The predicted molar refractivity (Wildman–Crippen MR) is 48.8 cm³/mol. The summed E-state index contributed by atoms with van der Waals surface area (Å²) in [6.07, 6.45) is 1.47. The summed E-state index contributed by atoms with van der Waals surface area (Å²) in [4.78, 5) is 3.98. The van der Waals surface area contributed by atoms with E-state index in [1.807, 2.05) is 6.92 Å². The summed E-state index contributed by atoms with van der Waals surface area (Å²) in [6.45, 7) is 5.34. The molecule has 0 aliphatic heterocycles. The average molecular weight is 163 g/mol. The normalized spacial score (nSPS) is 11.3. The standard InChI is InChI=1S/C10H10FN/c1-3-12-8(2)9-4-6-10(11)7-5-9/h3-7H,1H2,2H3. The van der Waals surface area contributed by atoms with Gasteiger partial charge in [-0.15, -0.1) is 0 Å². The molecule has 0 amide bonds. The molecule has 0 saturated heterocycles. The smallest absolute Gasteiger partial charge is 0.123 e. The quantitative estimate of drug-likeness (QED) is 0.594. The fourth-order valence-corrected chi connectivity index (χ4v) is 0.903. The van der Waals surface area contributed by atoms with E-state index in [0.717, 1.165) is 11.3 Å². The van der Waals surface area contributed by atoms with E-state index in [-0.39, 0.29) is 5.82 Å². The van der Waals surface area contributed by atoms with E-state index in [0.29, 0.717) is 0 Å². The maximum absolute atomic E-state index is 12.5. The molecule has 2 heteroatoms. The highest BCUT2D eigenvalue weighted by Crippen LogP contribution is 2.04. The van der Waals surface area contributed by atoms with Gasteiger partial charge in [0.15, 0.2) is 0 Å². The predicted octanol–water partition coefficient (Wildman–Crippen LogP) is 2.78. The Bertz CT molecular complexity index is 298. The number of benzene rings is 1. The average Bonchev–Trinajstić information content (AvgIpc) is 2.06. The molecule has 0 bridgehead atoms. The molecule has 1 rings (SSSR count). The lowest BCUT2D eigenvalue weighted by molar-refractivity contribution is 0.628. The van der Waals surface area contributed by atoms with Crippen molar-refractivity contribution >= 4 is 5.71 Å². The summed E-state index contributed by atoms with van der Waals surface area (Å²) < 4.78 is 12.5. The lowest BCUT2D eigenvalue weighted by atomic mass is 10.1. The molecular weight excluding hydrogens is 153 g/mol. The zero-order valence-corrected chi connectivity index (χ0v) is 6.92. The third kappa shape index (κ3) is 2.02. The van der Waals surface area contributed by atoms with Gasteiger partial charge in [-0.05, 0) is 24.6 Å². The van der Waals surface area contributed by atoms with Gasteiger partial charge in [0.2, 0.25) is 0 Å². The Morgan fingerprint density at radius 2 is 2.00 bits per heavy atom. The van der Waals surface area contributed by atoms with Crippen molar-refractivity contribution in [1.82, 2.24) is 0 Å². The summed E-state index contributed by atoms with van der Waals surface area (Å²) in [5, 5.41) is 0. The first-order valence-electron chi connectivity index (χ1n) is 3.65. The van der Waals surface area contributed by atoms with Crippen molar-refractivity contribution in [3.05, 3.63) is 48.4 Å². The highest BCUT2D eigenvalue weighted by molar-refractivity contribution is 5.98. The Balaban J connectivity index is 2.97. The van der Waals surface area contributed by atoms with Crippen LogP contribution in [0.3, 0.4) is 0 Å². The molecule has 1 aromatic carbocycles. The fraction of sp³-hybridized carbons (Fsp3) is 0.100. The van der Waals surface area contributed by atoms with Gasteiger partial charge in [0.25, 0.3) is 0 Å². The van der Waals surface area contributed by atoms with Gasteiger partial charge < -0.3 is 0 Å². The molecule has 0 aliphatic rings. The van der Waals surface area contributed by atoms with Gasteiger partial charge in [-0.3, -0.25) is 4.99 Å². The minimum atomic E-state index is -0.231. The van der Waals surface area contributed by atoms with Crippen LogP contribution in [0.5, 0.6) is 0 Å². The summed E-state index contributed by atoms with van der Waals surface area (Å²) >= 11 is 0. The number of hydrogen-bond donors (Lipinski definition) is 0. The Kier molecular flexibility index (Phi) is 2.75. The summed E-state index contributed by atoms with van der Waals surface area (Å²) in [5.74, 6) is -0.231. The first-order chi connectivity index (χ1) is 5.74. The van der Waals surface area contributed by atoms with Crippen molar-refractivity contribution in [2.45, 2.75) is 6.92 Å². The Morgan fingerprint density at radius 1 is 1.42 bits per heavy atom. The first kappa shape index (κ1) is 8.65. The molecule has 1 aromatic rings. The minimum Gasteiger partial charge on any atom is -0.262 e. The molecule has 0 atom stereocenters. The number of halogens is 1. The van der Waals surface area contributed by atoms with Crippen LogP contribution >= 0.6 is 0 Å². The Morgan fingerprint density at radius 3 is 2.50 bits per heavy atom. The third-order valence-corrected chi connectivity index (χ3v) is 1.55. The lowest BCUT2D eigenvalue weighted by Gasteiger charge is -1.97. The molecular formula is C10H10FN. The second-order valence-corrected chi connectivity index (χ2v) is 2.40. The van der Waals surface area contributed by atoms with Gasteiger partial charge in [0.1, 0.15) is 5.82 Å². The topological polar surface area (TPSA) is 12.4 Å². The maximum Gasteiger partial charge on any atom is 0.123 e.